The fourth-order valence-corrected chi connectivity index (χ4v) is 3.91. The van der Waals surface area contributed by atoms with Crippen molar-refractivity contribution in [3.05, 3.63) is 82.6 Å². The van der Waals surface area contributed by atoms with Crippen LogP contribution in [0.4, 0.5) is 11.4 Å². The zero-order valence-corrected chi connectivity index (χ0v) is 17.2. The molecule has 0 saturated carbocycles. The van der Waals surface area contributed by atoms with E-state index in [2.05, 4.69) is 72.5 Å². The van der Waals surface area contributed by atoms with Gasteiger partial charge >= 0.3 is 0 Å². The maximum absolute atomic E-state index is 9.47. The Bertz CT molecular complexity index is 903. The van der Waals surface area contributed by atoms with Gasteiger partial charge < -0.3 is 4.90 Å². The molecule has 28 heavy (non-hydrogen) atoms. The number of thiophene rings is 1. The van der Waals surface area contributed by atoms with E-state index in [-0.39, 0.29) is 0 Å². The molecule has 142 valence electrons. The van der Waals surface area contributed by atoms with Gasteiger partial charge in [0.1, 0.15) is 6.07 Å². The average molecular weight is 387 g/mol. The van der Waals surface area contributed by atoms with Crippen molar-refractivity contribution in [1.29, 1.82) is 5.26 Å². The van der Waals surface area contributed by atoms with Gasteiger partial charge in [0.15, 0.2) is 0 Å². The highest BCUT2D eigenvalue weighted by molar-refractivity contribution is 7.11. The van der Waals surface area contributed by atoms with Crippen LogP contribution in [0.15, 0.2) is 72.1 Å². The van der Waals surface area contributed by atoms with Crippen molar-refractivity contribution in [3.63, 3.8) is 0 Å². The molecule has 0 radical (unpaired) electrons. The van der Waals surface area contributed by atoms with E-state index < -0.39 is 0 Å². The highest BCUT2D eigenvalue weighted by Crippen LogP contribution is 2.28. The minimum Gasteiger partial charge on any atom is -0.341 e. The van der Waals surface area contributed by atoms with Gasteiger partial charge in [-0.15, -0.1) is 11.3 Å². The summed E-state index contributed by atoms with van der Waals surface area (Å²) in [5, 5.41) is 11.5. The van der Waals surface area contributed by atoms with Gasteiger partial charge in [-0.3, -0.25) is 0 Å². The summed E-state index contributed by atoms with van der Waals surface area (Å²) < 4.78 is 0. The summed E-state index contributed by atoms with van der Waals surface area (Å²) in [5.41, 5.74) is 4.17. The normalized spacial score (nSPS) is 11.2. The number of allylic oxidation sites excluding steroid dienone is 1. The van der Waals surface area contributed by atoms with Crippen molar-refractivity contribution in [2.45, 2.75) is 32.6 Å². The number of benzene rings is 2. The number of hydrogen-bond acceptors (Lipinski definition) is 3. The zero-order valence-electron chi connectivity index (χ0n) is 16.3. The van der Waals surface area contributed by atoms with Crippen molar-refractivity contribution >= 4 is 34.4 Å². The van der Waals surface area contributed by atoms with Crippen LogP contribution in [-0.2, 0) is 0 Å². The number of hydrogen-bond donors (Lipinski definition) is 0. The molecule has 0 saturated heterocycles. The van der Waals surface area contributed by atoms with Gasteiger partial charge in [-0.1, -0.05) is 62.6 Å². The number of nitrogens with zero attached hydrogens (tertiary/aromatic N) is 2. The molecule has 0 aliphatic carbocycles. The fraction of sp³-hybridized carbons (Fsp3) is 0.240. The van der Waals surface area contributed by atoms with Crippen molar-refractivity contribution in [3.8, 4) is 6.07 Å². The van der Waals surface area contributed by atoms with E-state index in [1.807, 2.05) is 23.6 Å². The largest absolute Gasteiger partial charge is 0.341 e. The van der Waals surface area contributed by atoms with Crippen molar-refractivity contribution in [2.24, 2.45) is 0 Å². The zero-order chi connectivity index (χ0) is 19.6. The molecule has 0 atom stereocenters. The molecule has 0 unspecified atom stereocenters. The van der Waals surface area contributed by atoms with Gasteiger partial charge in [0.05, 0.1) is 5.57 Å². The number of anilines is 2. The van der Waals surface area contributed by atoms with E-state index >= 15 is 0 Å². The fourth-order valence-electron chi connectivity index (χ4n) is 3.22. The van der Waals surface area contributed by atoms with E-state index in [0.717, 1.165) is 17.0 Å². The van der Waals surface area contributed by atoms with Crippen LogP contribution in [0.1, 0.15) is 43.0 Å². The van der Waals surface area contributed by atoms with Crippen molar-refractivity contribution < 1.29 is 0 Å². The molecule has 3 aromatic rings. The Morgan fingerprint density at radius 2 is 1.68 bits per heavy atom. The average Bonchev–Trinajstić information content (AvgIpc) is 3.28. The van der Waals surface area contributed by atoms with Crippen LogP contribution in [0.25, 0.3) is 11.6 Å². The Labute approximate surface area is 172 Å². The van der Waals surface area contributed by atoms with Crippen LogP contribution >= 0.6 is 11.3 Å². The smallest absolute Gasteiger partial charge is 0.101 e. The SMILES string of the molecule is CCCCCCN(c1ccccc1)c1ccc(/C=C(\C#N)c2cccs2)cc1. The molecule has 0 fully saturated rings. The Morgan fingerprint density at radius 3 is 2.32 bits per heavy atom. The molecule has 0 spiro atoms. The Kier molecular flexibility index (Phi) is 7.46. The van der Waals surface area contributed by atoms with Gasteiger partial charge in [-0.25, -0.2) is 0 Å². The highest BCUT2D eigenvalue weighted by atomic mass is 32.1. The summed E-state index contributed by atoms with van der Waals surface area (Å²) in [7, 11) is 0. The molecule has 1 aromatic heterocycles. The predicted octanol–water partition coefficient (Wildman–Crippen LogP) is 7.53. The molecule has 2 aromatic carbocycles. The second-order valence-electron chi connectivity index (χ2n) is 6.79. The third-order valence-corrected chi connectivity index (χ3v) is 5.63. The second kappa shape index (κ2) is 10.5. The van der Waals surface area contributed by atoms with Crippen LogP contribution in [0.5, 0.6) is 0 Å². The third kappa shape index (κ3) is 5.34. The molecule has 3 heteroatoms. The quantitative estimate of drug-likeness (QED) is 0.281. The Balaban J connectivity index is 1.80. The summed E-state index contributed by atoms with van der Waals surface area (Å²) >= 11 is 1.59. The van der Waals surface area contributed by atoms with Crippen LogP contribution in [0, 0.1) is 11.3 Å². The molecule has 0 bridgehead atoms. The van der Waals surface area contributed by atoms with Gasteiger partial charge in [0.25, 0.3) is 0 Å². The van der Waals surface area contributed by atoms with E-state index in [9.17, 15) is 5.26 Å². The number of para-hydroxylation sites is 1. The number of rotatable bonds is 9. The lowest BCUT2D eigenvalue weighted by Gasteiger charge is -2.25. The van der Waals surface area contributed by atoms with Crippen LogP contribution in [-0.4, -0.2) is 6.54 Å². The van der Waals surface area contributed by atoms with Crippen LogP contribution < -0.4 is 4.90 Å². The second-order valence-corrected chi connectivity index (χ2v) is 7.73. The summed E-state index contributed by atoms with van der Waals surface area (Å²) in [6.07, 6.45) is 6.93. The van der Waals surface area contributed by atoms with E-state index in [4.69, 9.17) is 0 Å². The Morgan fingerprint density at radius 1 is 0.929 bits per heavy atom. The number of nitriles is 1. The molecule has 3 rings (SSSR count). The minimum atomic E-state index is 0.710. The summed E-state index contributed by atoms with van der Waals surface area (Å²) in [6, 6.07) is 25.4. The lowest BCUT2D eigenvalue weighted by Crippen LogP contribution is -2.18. The maximum Gasteiger partial charge on any atom is 0.101 e. The number of unbranched alkanes of at least 4 members (excludes halogenated alkanes) is 3. The molecule has 2 nitrogen and oxygen atoms in total. The minimum absolute atomic E-state index is 0.710. The van der Waals surface area contributed by atoms with Crippen molar-refractivity contribution in [2.75, 3.05) is 11.4 Å². The molecule has 0 aliphatic heterocycles. The standard InChI is InChI=1S/C25H26N2S/c1-2-3-4-8-17-27(23-10-6-5-7-11-23)24-15-13-21(14-16-24)19-22(20-26)25-12-9-18-28-25/h5-7,9-16,18-19H,2-4,8,17H2,1H3/b22-19+. The first-order chi connectivity index (χ1) is 13.8. The molecular weight excluding hydrogens is 360 g/mol. The summed E-state index contributed by atoms with van der Waals surface area (Å²) in [5.74, 6) is 0. The van der Waals surface area contributed by atoms with E-state index in [0.29, 0.717) is 5.57 Å². The van der Waals surface area contributed by atoms with Crippen LogP contribution in [0.3, 0.4) is 0 Å². The van der Waals surface area contributed by atoms with Gasteiger partial charge in [-0.2, -0.15) is 5.26 Å². The monoisotopic (exact) mass is 386 g/mol. The first-order valence-corrected chi connectivity index (χ1v) is 10.8. The molecular formula is C25H26N2S. The van der Waals surface area contributed by atoms with Gasteiger partial charge in [0.2, 0.25) is 0 Å². The maximum atomic E-state index is 9.47. The van der Waals surface area contributed by atoms with E-state index in [1.165, 1.54) is 37.1 Å². The van der Waals surface area contributed by atoms with Crippen molar-refractivity contribution in [1.82, 2.24) is 0 Å². The van der Waals surface area contributed by atoms with Gasteiger partial charge in [0, 0.05) is 22.8 Å². The highest BCUT2D eigenvalue weighted by Gasteiger charge is 2.09. The predicted molar refractivity (Wildman–Crippen MR) is 122 cm³/mol. The van der Waals surface area contributed by atoms with E-state index in [1.54, 1.807) is 11.3 Å². The third-order valence-electron chi connectivity index (χ3n) is 4.73. The Hall–Kier alpha value is -2.83. The first kappa shape index (κ1) is 19.9. The summed E-state index contributed by atoms with van der Waals surface area (Å²) in [6.45, 7) is 3.25. The molecule has 0 amide bonds. The lowest BCUT2D eigenvalue weighted by molar-refractivity contribution is 0.668. The molecule has 1 heterocycles. The first-order valence-electron chi connectivity index (χ1n) is 9.90. The summed E-state index contributed by atoms with van der Waals surface area (Å²) in [4.78, 5) is 3.39. The molecule has 0 N–H and O–H groups in total. The lowest BCUT2D eigenvalue weighted by atomic mass is 10.1. The van der Waals surface area contributed by atoms with Gasteiger partial charge in [-0.05, 0) is 53.8 Å². The van der Waals surface area contributed by atoms with Crippen LogP contribution in [0.2, 0.25) is 0 Å². The molecule has 0 aliphatic rings. The topological polar surface area (TPSA) is 27.0 Å².